The number of hydrogen-bond donors (Lipinski definition) is 5. The summed E-state index contributed by atoms with van der Waals surface area (Å²) in [6.07, 6.45) is -1.16. The maximum Gasteiger partial charge on any atom is 0.337 e. The Bertz CT molecular complexity index is 525. The van der Waals surface area contributed by atoms with Crippen molar-refractivity contribution in [2.24, 2.45) is 5.73 Å². The van der Waals surface area contributed by atoms with Gasteiger partial charge in [0.2, 0.25) is 11.8 Å². The summed E-state index contributed by atoms with van der Waals surface area (Å²) in [7, 11) is 0. The molecule has 1 rings (SSSR count). The number of ketones is 1. The van der Waals surface area contributed by atoms with Crippen LogP contribution in [0, 0.1) is 0 Å². The monoisotopic (exact) mass is 351 g/mol. The first-order chi connectivity index (χ1) is 10.2. The van der Waals surface area contributed by atoms with Gasteiger partial charge in [-0.05, 0) is 12.8 Å². The van der Waals surface area contributed by atoms with Crippen molar-refractivity contribution in [1.82, 2.24) is 10.6 Å². The molecular weight excluding hydrogens is 334 g/mol. The third kappa shape index (κ3) is 4.89. The van der Waals surface area contributed by atoms with Crippen molar-refractivity contribution in [3.05, 3.63) is 0 Å². The van der Waals surface area contributed by atoms with Gasteiger partial charge < -0.3 is 26.6 Å². The SMILES string of the molecule is Cl.NCC(=O)N[C@@](CCC(=O)O)(C(=O)O)C(=O)[C@@H]1CCC(=O)N1. The van der Waals surface area contributed by atoms with Crippen LogP contribution in [0.3, 0.4) is 0 Å². The van der Waals surface area contributed by atoms with E-state index < -0.39 is 60.5 Å². The predicted octanol–water partition coefficient (Wildman–Crippen LogP) is -1.98. The Morgan fingerprint density at radius 1 is 1.30 bits per heavy atom. The molecule has 0 aromatic carbocycles. The van der Waals surface area contributed by atoms with Gasteiger partial charge in [0.25, 0.3) is 0 Å². The molecule has 1 heterocycles. The van der Waals surface area contributed by atoms with Crippen LogP contribution >= 0.6 is 12.4 Å². The van der Waals surface area contributed by atoms with Crippen molar-refractivity contribution in [2.45, 2.75) is 37.3 Å². The van der Waals surface area contributed by atoms with Crippen LogP contribution in [0.1, 0.15) is 25.7 Å². The molecule has 0 radical (unpaired) electrons. The highest BCUT2D eigenvalue weighted by Crippen LogP contribution is 2.21. The average molecular weight is 352 g/mol. The molecular formula is C12H18ClN3O7. The topological polar surface area (TPSA) is 176 Å². The average Bonchev–Trinajstić information content (AvgIpc) is 2.88. The molecule has 10 nitrogen and oxygen atoms in total. The molecule has 2 atom stereocenters. The number of aliphatic carboxylic acids is 2. The summed E-state index contributed by atoms with van der Waals surface area (Å²) in [5.74, 6) is -5.31. The van der Waals surface area contributed by atoms with E-state index >= 15 is 0 Å². The Kier molecular flexibility index (Phi) is 7.63. The van der Waals surface area contributed by atoms with Crippen LogP contribution in [0.5, 0.6) is 0 Å². The van der Waals surface area contributed by atoms with Crippen molar-refractivity contribution in [3.8, 4) is 0 Å². The lowest BCUT2D eigenvalue weighted by Crippen LogP contribution is -2.65. The Morgan fingerprint density at radius 3 is 2.30 bits per heavy atom. The largest absolute Gasteiger partial charge is 0.481 e. The Balaban J connectivity index is 0.00000484. The number of carboxylic acid groups (broad SMARTS) is 2. The van der Waals surface area contributed by atoms with Gasteiger partial charge in [-0.2, -0.15) is 0 Å². The zero-order valence-electron chi connectivity index (χ0n) is 12.0. The highest BCUT2D eigenvalue weighted by Gasteiger charge is 2.51. The molecule has 11 heteroatoms. The Hall–Kier alpha value is -2.20. The molecule has 0 aliphatic carbocycles. The van der Waals surface area contributed by atoms with Crippen LogP contribution in [-0.2, 0) is 24.0 Å². The van der Waals surface area contributed by atoms with Crippen LogP contribution in [-0.4, -0.2) is 57.9 Å². The van der Waals surface area contributed by atoms with Crippen LogP contribution < -0.4 is 16.4 Å². The summed E-state index contributed by atoms with van der Waals surface area (Å²) in [6.45, 7) is -0.563. The molecule has 0 aromatic heterocycles. The first kappa shape index (κ1) is 20.8. The molecule has 0 spiro atoms. The van der Waals surface area contributed by atoms with Gasteiger partial charge in [-0.15, -0.1) is 12.4 Å². The number of carboxylic acids is 2. The summed E-state index contributed by atoms with van der Waals surface area (Å²) in [5, 5.41) is 22.4. The molecule has 0 unspecified atom stereocenters. The van der Waals surface area contributed by atoms with Crippen LogP contribution in [0.4, 0.5) is 0 Å². The van der Waals surface area contributed by atoms with Crippen molar-refractivity contribution >= 4 is 41.9 Å². The van der Waals surface area contributed by atoms with Gasteiger partial charge >= 0.3 is 11.9 Å². The van der Waals surface area contributed by atoms with Crippen molar-refractivity contribution in [1.29, 1.82) is 0 Å². The van der Waals surface area contributed by atoms with E-state index in [0.717, 1.165) is 0 Å². The Morgan fingerprint density at radius 2 is 1.91 bits per heavy atom. The predicted molar refractivity (Wildman–Crippen MR) is 77.9 cm³/mol. The lowest BCUT2D eigenvalue weighted by Gasteiger charge is -2.30. The molecule has 2 amide bonds. The van der Waals surface area contributed by atoms with E-state index in [1.807, 2.05) is 5.32 Å². The fraction of sp³-hybridized carbons (Fsp3) is 0.583. The lowest BCUT2D eigenvalue weighted by atomic mass is 9.84. The third-order valence-electron chi connectivity index (χ3n) is 3.35. The normalized spacial score (nSPS) is 19.0. The number of nitrogens with one attached hydrogen (secondary N) is 2. The first-order valence-corrected chi connectivity index (χ1v) is 6.53. The first-order valence-electron chi connectivity index (χ1n) is 6.53. The minimum absolute atomic E-state index is 0. The van der Waals surface area contributed by atoms with Gasteiger partial charge in [0.1, 0.15) is 0 Å². The van der Waals surface area contributed by atoms with E-state index in [1.165, 1.54) is 0 Å². The number of rotatable bonds is 8. The smallest absolute Gasteiger partial charge is 0.337 e. The molecule has 1 saturated heterocycles. The second kappa shape index (κ2) is 8.44. The van der Waals surface area contributed by atoms with Gasteiger partial charge in [0, 0.05) is 12.8 Å². The molecule has 130 valence electrons. The summed E-state index contributed by atoms with van der Waals surface area (Å²) in [5.41, 5.74) is 2.68. The van der Waals surface area contributed by atoms with Crippen LogP contribution in [0.2, 0.25) is 0 Å². The zero-order chi connectivity index (χ0) is 16.9. The van der Waals surface area contributed by atoms with Gasteiger partial charge in [-0.1, -0.05) is 0 Å². The molecule has 23 heavy (non-hydrogen) atoms. The minimum atomic E-state index is -2.43. The number of carbonyl (C=O) groups excluding carboxylic acids is 3. The van der Waals surface area contributed by atoms with Crippen molar-refractivity contribution in [2.75, 3.05) is 6.54 Å². The zero-order valence-corrected chi connectivity index (χ0v) is 12.9. The van der Waals surface area contributed by atoms with Gasteiger partial charge in [-0.3, -0.25) is 19.2 Å². The van der Waals surface area contributed by atoms with E-state index in [-0.39, 0.29) is 25.2 Å². The number of hydrogen-bond acceptors (Lipinski definition) is 6. The molecule has 1 fully saturated rings. The second-order valence-electron chi connectivity index (χ2n) is 4.88. The maximum atomic E-state index is 12.5. The quantitative estimate of drug-likeness (QED) is 0.312. The standard InChI is InChI=1S/C12H17N3O7.ClH/c13-5-8(17)15-12(11(21)22,4-3-9(18)19)10(20)6-1-2-7(16)14-6;/h6H,1-5,13H2,(H,14,16)(H,15,17)(H,18,19)(H,21,22);1H/t6-,12+;/m0./s1. The molecule has 1 aliphatic rings. The number of halogens is 1. The van der Waals surface area contributed by atoms with Crippen molar-refractivity contribution < 1.29 is 34.2 Å². The number of Topliss-reactive ketones (excluding diaryl/α,β-unsaturated/α-hetero) is 1. The summed E-state index contributed by atoms with van der Waals surface area (Å²) >= 11 is 0. The number of amides is 2. The fourth-order valence-corrected chi connectivity index (χ4v) is 2.20. The molecule has 6 N–H and O–H groups in total. The van der Waals surface area contributed by atoms with E-state index in [2.05, 4.69) is 5.32 Å². The van der Waals surface area contributed by atoms with E-state index in [9.17, 15) is 29.1 Å². The second-order valence-corrected chi connectivity index (χ2v) is 4.88. The lowest BCUT2D eigenvalue weighted by molar-refractivity contribution is -0.154. The van der Waals surface area contributed by atoms with E-state index in [1.54, 1.807) is 0 Å². The molecule has 1 aliphatic heterocycles. The highest BCUT2D eigenvalue weighted by molar-refractivity contribution is 6.14. The number of carbonyl (C=O) groups is 5. The summed E-state index contributed by atoms with van der Waals surface area (Å²) < 4.78 is 0. The maximum absolute atomic E-state index is 12.5. The highest BCUT2D eigenvalue weighted by atomic mass is 35.5. The third-order valence-corrected chi connectivity index (χ3v) is 3.35. The van der Waals surface area contributed by atoms with Gasteiger partial charge in [0.15, 0.2) is 11.3 Å². The van der Waals surface area contributed by atoms with Crippen molar-refractivity contribution in [3.63, 3.8) is 0 Å². The van der Waals surface area contributed by atoms with Gasteiger partial charge in [0.05, 0.1) is 12.6 Å². The Labute approximate surface area is 137 Å². The van der Waals surface area contributed by atoms with E-state index in [0.29, 0.717) is 0 Å². The van der Waals surface area contributed by atoms with E-state index in [4.69, 9.17) is 10.8 Å². The van der Waals surface area contributed by atoms with Crippen LogP contribution in [0.25, 0.3) is 0 Å². The fourth-order valence-electron chi connectivity index (χ4n) is 2.20. The molecule has 0 aromatic rings. The molecule has 0 bridgehead atoms. The molecule has 0 saturated carbocycles. The summed E-state index contributed by atoms with van der Waals surface area (Å²) in [4.78, 5) is 57.4. The van der Waals surface area contributed by atoms with Gasteiger partial charge in [-0.25, -0.2) is 4.79 Å². The number of nitrogens with two attached hydrogens (primary N) is 1. The minimum Gasteiger partial charge on any atom is -0.481 e. The van der Waals surface area contributed by atoms with Crippen LogP contribution in [0.15, 0.2) is 0 Å². The summed E-state index contributed by atoms with van der Waals surface area (Å²) in [6, 6.07) is -1.09.